The SMILES string of the molecule is CC1(C)C(N)C1(Cl)Cl. The summed E-state index contributed by atoms with van der Waals surface area (Å²) in [6.07, 6.45) is 0. The molecule has 1 nitrogen and oxygen atoms in total. The van der Waals surface area contributed by atoms with E-state index in [9.17, 15) is 0 Å². The zero-order chi connectivity index (χ0) is 6.58. The van der Waals surface area contributed by atoms with E-state index in [0.717, 1.165) is 0 Å². The first-order valence-corrected chi connectivity index (χ1v) is 3.29. The van der Waals surface area contributed by atoms with Gasteiger partial charge >= 0.3 is 0 Å². The molecule has 8 heavy (non-hydrogen) atoms. The second kappa shape index (κ2) is 1.34. The van der Waals surface area contributed by atoms with Crippen LogP contribution in [-0.2, 0) is 0 Å². The zero-order valence-corrected chi connectivity index (χ0v) is 6.42. The number of rotatable bonds is 0. The Kier molecular flexibility index (Phi) is 1.11. The molecule has 3 heteroatoms. The van der Waals surface area contributed by atoms with Gasteiger partial charge in [0.25, 0.3) is 0 Å². The monoisotopic (exact) mass is 153 g/mol. The summed E-state index contributed by atoms with van der Waals surface area (Å²) in [6, 6.07) is -0.0571. The first kappa shape index (κ1) is 6.66. The Morgan fingerprint density at radius 1 is 1.38 bits per heavy atom. The van der Waals surface area contributed by atoms with E-state index in [1.807, 2.05) is 13.8 Å². The Morgan fingerprint density at radius 2 is 1.50 bits per heavy atom. The third-order valence-electron chi connectivity index (χ3n) is 1.94. The number of nitrogens with two attached hydrogens (primary N) is 1. The van der Waals surface area contributed by atoms with E-state index < -0.39 is 4.33 Å². The maximum absolute atomic E-state index is 5.72. The topological polar surface area (TPSA) is 26.0 Å². The van der Waals surface area contributed by atoms with Crippen molar-refractivity contribution in [2.45, 2.75) is 24.2 Å². The van der Waals surface area contributed by atoms with Crippen LogP contribution in [0.15, 0.2) is 0 Å². The molecule has 0 aromatic heterocycles. The van der Waals surface area contributed by atoms with Gasteiger partial charge in [0.05, 0.1) is 0 Å². The van der Waals surface area contributed by atoms with Crippen molar-refractivity contribution in [2.24, 2.45) is 11.1 Å². The Hall–Kier alpha value is 0.540. The molecular weight excluding hydrogens is 145 g/mol. The average Bonchev–Trinajstić information content (AvgIpc) is 1.88. The molecule has 0 amide bonds. The van der Waals surface area contributed by atoms with Gasteiger partial charge in [-0.1, -0.05) is 37.0 Å². The van der Waals surface area contributed by atoms with E-state index in [0.29, 0.717) is 0 Å². The first-order chi connectivity index (χ1) is 3.40. The lowest BCUT2D eigenvalue weighted by molar-refractivity contribution is 0.611. The molecule has 0 aliphatic heterocycles. The van der Waals surface area contributed by atoms with Crippen molar-refractivity contribution in [2.75, 3.05) is 0 Å². The number of hydrogen-bond donors (Lipinski definition) is 1. The van der Waals surface area contributed by atoms with E-state index in [1.54, 1.807) is 0 Å². The highest BCUT2D eigenvalue weighted by atomic mass is 35.5. The van der Waals surface area contributed by atoms with Crippen molar-refractivity contribution in [1.29, 1.82) is 0 Å². The third kappa shape index (κ3) is 0.526. The van der Waals surface area contributed by atoms with E-state index in [2.05, 4.69) is 0 Å². The smallest absolute Gasteiger partial charge is 0.140 e. The van der Waals surface area contributed by atoms with Crippen LogP contribution in [0.2, 0.25) is 0 Å². The van der Waals surface area contributed by atoms with Gasteiger partial charge in [0.1, 0.15) is 4.33 Å². The molecule has 0 spiro atoms. The summed E-state index contributed by atoms with van der Waals surface area (Å²) in [5, 5.41) is 0. The number of alkyl halides is 2. The highest BCUT2D eigenvalue weighted by Gasteiger charge is 2.68. The van der Waals surface area contributed by atoms with Crippen LogP contribution in [0.5, 0.6) is 0 Å². The van der Waals surface area contributed by atoms with Gasteiger partial charge in [-0.05, 0) is 0 Å². The third-order valence-corrected chi connectivity index (χ3v) is 3.39. The average molecular weight is 154 g/mol. The standard InChI is InChI=1S/C5H9Cl2N/c1-4(2)3(8)5(4,6)7/h3H,8H2,1-2H3. The van der Waals surface area contributed by atoms with E-state index in [-0.39, 0.29) is 11.5 Å². The van der Waals surface area contributed by atoms with Crippen molar-refractivity contribution >= 4 is 23.2 Å². The second-order valence-corrected chi connectivity index (χ2v) is 4.21. The van der Waals surface area contributed by atoms with Crippen LogP contribution in [0.25, 0.3) is 0 Å². The van der Waals surface area contributed by atoms with Gasteiger partial charge in [-0.15, -0.1) is 0 Å². The Bertz CT molecular complexity index is 106. The molecule has 0 saturated heterocycles. The lowest BCUT2D eigenvalue weighted by Gasteiger charge is -1.98. The van der Waals surface area contributed by atoms with Crippen LogP contribution in [0.4, 0.5) is 0 Å². The molecule has 0 aromatic rings. The van der Waals surface area contributed by atoms with Gasteiger partial charge in [0.15, 0.2) is 0 Å². The van der Waals surface area contributed by atoms with Crippen molar-refractivity contribution in [3.63, 3.8) is 0 Å². The van der Waals surface area contributed by atoms with Gasteiger partial charge in [-0.2, -0.15) is 0 Å². The van der Waals surface area contributed by atoms with E-state index >= 15 is 0 Å². The second-order valence-electron chi connectivity index (χ2n) is 2.82. The first-order valence-electron chi connectivity index (χ1n) is 2.54. The fourth-order valence-corrected chi connectivity index (χ4v) is 1.37. The summed E-state index contributed by atoms with van der Waals surface area (Å²) in [5.74, 6) is 0. The van der Waals surface area contributed by atoms with Crippen molar-refractivity contribution in [3.8, 4) is 0 Å². The molecule has 1 aliphatic rings. The van der Waals surface area contributed by atoms with Crippen LogP contribution in [0.1, 0.15) is 13.8 Å². The summed E-state index contributed by atoms with van der Waals surface area (Å²) >= 11 is 11.4. The Balaban J connectivity index is 2.72. The number of hydrogen-bond acceptors (Lipinski definition) is 1. The minimum absolute atomic E-state index is 0.0571. The predicted molar refractivity (Wildman–Crippen MR) is 36.2 cm³/mol. The van der Waals surface area contributed by atoms with E-state index in [1.165, 1.54) is 0 Å². The van der Waals surface area contributed by atoms with Crippen molar-refractivity contribution < 1.29 is 0 Å². The normalized spacial score (nSPS) is 39.4. The summed E-state index contributed by atoms with van der Waals surface area (Å²) in [5.41, 5.74) is 5.43. The minimum Gasteiger partial charge on any atom is -0.325 e. The quantitative estimate of drug-likeness (QED) is 0.526. The van der Waals surface area contributed by atoms with Gasteiger partial charge in [-0.3, -0.25) is 0 Å². The lowest BCUT2D eigenvalue weighted by atomic mass is 10.2. The molecule has 0 bridgehead atoms. The summed E-state index contributed by atoms with van der Waals surface area (Å²) < 4.78 is -0.674. The van der Waals surface area contributed by atoms with Crippen LogP contribution in [0, 0.1) is 5.41 Å². The maximum atomic E-state index is 5.72. The molecule has 0 aromatic carbocycles. The highest BCUT2D eigenvalue weighted by molar-refractivity contribution is 6.52. The summed E-state index contributed by atoms with van der Waals surface area (Å²) in [7, 11) is 0. The van der Waals surface area contributed by atoms with Crippen LogP contribution < -0.4 is 5.73 Å². The molecule has 1 atom stereocenters. The van der Waals surface area contributed by atoms with E-state index in [4.69, 9.17) is 28.9 Å². The number of halogens is 2. The van der Waals surface area contributed by atoms with Crippen LogP contribution >= 0.6 is 23.2 Å². The van der Waals surface area contributed by atoms with Gasteiger partial charge in [0, 0.05) is 11.5 Å². The highest BCUT2D eigenvalue weighted by Crippen LogP contribution is 2.61. The molecular formula is C5H9Cl2N. The molecule has 1 unspecified atom stereocenters. The molecule has 48 valence electrons. The minimum atomic E-state index is -0.674. The van der Waals surface area contributed by atoms with Gasteiger partial charge in [-0.25, -0.2) is 0 Å². The largest absolute Gasteiger partial charge is 0.325 e. The Labute approximate surface area is 59.1 Å². The fourth-order valence-electron chi connectivity index (χ4n) is 0.695. The Morgan fingerprint density at radius 3 is 1.50 bits per heavy atom. The van der Waals surface area contributed by atoms with Crippen LogP contribution in [-0.4, -0.2) is 10.4 Å². The maximum Gasteiger partial charge on any atom is 0.140 e. The van der Waals surface area contributed by atoms with Crippen molar-refractivity contribution in [1.82, 2.24) is 0 Å². The molecule has 1 fully saturated rings. The predicted octanol–water partition coefficient (Wildman–Crippen LogP) is 1.53. The van der Waals surface area contributed by atoms with Crippen LogP contribution in [0.3, 0.4) is 0 Å². The molecule has 2 N–H and O–H groups in total. The van der Waals surface area contributed by atoms with Crippen molar-refractivity contribution in [3.05, 3.63) is 0 Å². The van der Waals surface area contributed by atoms with Gasteiger partial charge < -0.3 is 5.73 Å². The summed E-state index contributed by atoms with van der Waals surface area (Å²) in [4.78, 5) is 0. The molecule has 1 rings (SSSR count). The zero-order valence-electron chi connectivity index (χ0n) is 4.91. The molecule has 0 heterocycles. The summed E-state index contributed by atoms with van der Waals surface area (Å²) in [6.45, 7) is 3.91. The molecule has 1 aliphatic carbocycles. The fraction of sp³-hybridized carbons (Fsp3) is 1.00. The molecule has 0 radical (unpaired) electrons. The van der Waals surface area contributed by atoms with Gasteiger partial charge in [0.2, 0.25) is 0 Å². The lowest BCUT2D eigenvalue weighted by Crippen LogP contribution is -2.08. The molecule has 1 saturated carbocycles.